The molecule has 124 valence electrons. The third-order valence-electron chi connectivity index (χ3n) is 6.17. The van der Waals surface area contributed by atoms with Crippen LogP contribution < -0.4 is 5.32 Å². The minimum Gasteiger partial charge on any atom is -0.314 e. The maximum atomic E-state index is 3.75. The Labute approximate surface area is 133 Å². The van der Waals surface area contributed by atoms with E-state index in [1.807, 2.05) is 0 Å². The van der Waals surface area contributed by atoms with Gasteiger partial charge in [-0.15, -0.1) is 0 Å². The van der Waals surface area contributed by atoms with Crippen LogP contribution in [0.15, 0.2) is 0 Å². The average molecular weight is 295 g/mol. The third kappa shape index (κ3) is 4.96. The van der Waals surface area contributed by atoms with Crippen molar-refractivity contribution in [2.24, 2.45) is 17.3 Å². The lowest BCUT2D eigenvalue weighted by atomic mass is 9.74. The molecule has 2 nitrogen and oxygen atoms in total. The average Bonchev–Trinajstić information content (AvgIpc) is 2.42. The lowest BCUT2D eigenvalue weighted by Crippen LogP contribution is -2.47. The van der Waals surface area contributed by atoms with Crippen LogP contribution >= 0.6 is 0 Å². The fourth-order valence-corrected chi connectivity index (χ4v) is 4.58. The predicted molar refractivity (Wildman–Crippen MR) is 92.6 cm³/mol. The van der Waals surface area contributed by atoms with E-state index in [1.54, 1.807) is 0 Å². The zero-order valence-corrected chi connectivity index (χ0v) is 15.1. The van der Waals surface area contributed by atoms with Gasteiger partial charge in [0, 0.05) is 18.6 Å². The first-order valence-electron chi connectivity index (χ1n) is 9.35. The van der Waals surface area contributed by atoms with Crippen molar-refractivity contribution in [3.05, 3.63) is 0 Å². The molecule has 0 aromatic heterocycles. The molecule has 0 amide bonds. The molecule has 2 aliphatic carbocycles. The lowest BCUT2D eigenvalue weighted by molar-refractivity contribution is 0.0901. The quantitative estimate of drug-likeness (QED) is 0.813. The van der Waals surface area contributed by atoms with Gasteiger partial charge in [-0.3, -0.25) is 0 Å². The van der Waals surface area contributed by atoms with Gasteiger partial charge in [0.25, 0.3) is 0 Å². The molecule has 3 atom stereocenters. The van der Waals surface area contributed by atoms with Gasteiger partial charge < -0.3 is 10.2 Å². The molecule has 0 bridgehead atoms. The highest BCUT2D eigenvalue weighted by atomic mass is 15.1. The first-order valence-corrected chi connectivity index (χ1v) is 9.35. The molecule has 0 radical (unpaired) electrons. The topological polar surface area (TPSA) is 15.3 Å². The van der Waals surface area contributed by atoms with Crippen LogP contribution in [0.4, 0.5) is 0 Å². The molecular weight excluding hydrogens is 256 g/mol. The highest BCUT2D eigenvalue weighted by molar-refractivity contribution is 4.88. The number of nitrogens with one attached hydrogen (secondary N) is 1. The summed E-state index contributed by atoms with van der Waals surface area (Å²) in [6, 6.07) is 1.59. The molecule has 2 rings (SSSR count). The number of nitrogens with zero attached hydrogens (tertiary/aromatic N) is 1. The minimum atomic E-state index is 0.586. The molecule has 0 saturated heterocycles. The summed E-state index contributed by atoms with van der Waals surface area (Å²) in [5.74, 6) is 1.78. The Hall–Kier alpha value is -0.0800. The van der Waals surface area contributed by atoms with Crippen LogP contribution in [0, 0.1) is 17.3 Å². The van der Waals surface area contributed by atoms with E-state index in [0.29, 0.717) is 5.41 Å². The van der Waals surface area contributed by atoms with E-state index >= 15 is 0 Å². The number of hydrogen-bond acceptors (Lipinski definition) is 2. The molecule has 0 aromatic carbocycles. The van der Waals surface area contributed by atoms with E-state index in [-0.39, 0.29) is 0 Å². The van der Waals surface area contributed by atoms with E-state index in [0.717, 1.165) is 30.5 Å². The molecule has 2 heteroatoms. The van der Waals surface area contributed by atoms with E-state index in [2.05, 4.69) is 45.0 Å². The van der Waals surface area contributed by atoms with E-state index in [9.17, 15) is 0 Å². The van der Waals surface area contributed by atoms with E-state index < -0.39 is 0 Å². The largest absolute Gasteiger partial charge is 0.314 e. The second-order valence-electron chi connectivity index (χ2n) is 8.68. The molecule has 1 N–H and O–H groups in total. The Bertz CT molecular complexity index is 303. The van der Waals surface area contributed by atoms with Crippen molar-refractivity contribution in [2.45, 2.75) is 84.7 Å². The molecule has 21 heavy (non-hydrogen) atoms. The standard InChI is InChI=1S/C19H38N2/c1-6-20-18-8-7-15(2)13-16(18)14-21(5)17-9-11-19(3,4)12-10-17/h15-18,20H,6-14H2,1-5H3. The fourth-order valence-electron chi connectivity index (χ4n) is 4.58. The second-order valence-corrected chi connectivity index (χ2v) is 8.68. The summed E-state index contributed by atoms with van der Waals surface area (Å²) in [7, 11) is 2.38. The van der Waals surface area contributed by atoms with Crippen LogP contribution in [0.5, 0.6) is 0 Å². The predicted octanol–water partition coefficient (Wildman–Crippen LogP) is 4.30. The second kappa shape index (κ2) is 7.46. The van der Waals surface area contributed by atoms with Crippen molar-refractivity contribution in [3.63, 3.8) is 0 Å². The fraction of sp³-hybridized carbons (Fsp3) is 1.00. The SMILES string of the molecule is CCNC1CCC(C)CC1CN(C)C1CCC(C)(C)CC1. The Kier molecular flexibility index (Phi) is 6.14. The maximum Gasteiger partial charge on any atom is 0.0108 e. The summed E-state index contributed by atoms with van der Waals surface area (Å²) in [5.41, 5.74) is 0.586. The molecular formula is C19H38N2. The third-order valence-corrected chi connectivity index (χ3v) is 6.17. The van der Waals surface area contributed by atoms with Gasteiger partial charge in [0.2, 0.25) is 0 Å². The Morgan fingerprint density at radius 3 is 2.38 bits per heavy atom. The monoisotopic (exact) mass is 294 g/mol. The smallest absolute Gasteiger partial charge is 0.0108 e. The lowest BCUT2D eigenvalue weighted by Gasteiger charge is -2.42. The maximum absolute atomic E-state index is 3.75. The first kappa shape index (κ1) is 17.3. The highest BCUT2D eigenvalue weighted by Gasteiger charge is 2.33. The normalized spacial score (nSPS) is 34.3. The molecule has 0 heterocycles. The molecule has 3 unspecified atom stereocenters. The van der Waals surface area contributed by atoms with Crippen LogP contribution in [0.25, 0.3) is 0 Å². The van der Waals surface area contributed by atoms with Gasteiger partial charge in [-0.2, -0.15) is 0 Å². The van der Waals surface area contributed by atoms with E-state index in [1.165, 1.54) is 51.5 Å². The van der Waals surface area contributed by atoms with Crippen molar-refractivity contribution in [1.82, 2.24) is 10.2 Å². The van der Waals surface area contributed by atoms with Gasteiger partial charge in [0.15, 0.2) is 0 Å². The van der Waals surface area contributed by atoms with Gasteiger partial charge in [0.1, 0.15) is 0 Å². The molecule has 0 aromatic rings. The molecule has 0 aliphatic heterocycles. The Morgan fingerprint density at radius 1 is 1.10 bits per heavy atom. The van der Waals surface area contributed by atoms with Gasteiger partial charge >= 0.3 is 0 Å². The van der Waals surface area contributed by atoms with Crippen molar-refractivity contribution in [1.29, 1.82) is 0 Å². The van der Waals surface area contributed by atoms with Crippen LogP contribution in [0.2, 0.25) is 0 Å². The molecule has 2 aliphatic rings. The Morgan fingerprint density at radius 2 is 1.76 bits per heavy atom. The zero-order valence-electron chi connectivity index (χ0n) is 15.1. The van der Waals surface area contributed by atoms with Crippen molar-refractivity contribution < 1.29 is 0 Å². The molecule has 2 saturated carbocycles. The van der Waals surface area contributed by atoms with Crippen molar-refractivity contribution in [2.75, 3.05) is 20.1 Å². The summed E-state index contributed by atoms with van der Waals surface area (Å²) in [5, 5.41) is 3.75. The molecule has 2 fully saturated rings. The number of hydrogen-bond donors (Lipinski definition) is 1. The summed E-state index contributed by atoms with van der Waals surface area (Å²) >= 11 is 0. The summed E-state index contributed by atoms with van der Waals surface area (Å²) in [4.78, 5) is 2.70. The van der Waals surface area contributed by atoms with Crippen LogP contribution in [-0.2, 0) is 0 Å². The van der Waals surface area contributed by atoms with Crippen molar-refractivity contribution >= 4 is 0 Å². The molecule has 0 spiro atoms. The van der Waals surface area contributed by atoms with Gasteiger partial charge in [-0.25, -0.2) is 0 Å². The van der Waals surface area contributed by atoms with Gasteiger partial charge in [-0.1, -0.05) is 27.7 Å². The van der Waals surface area contributed by atoms with E-state index in [4.69, 9.17) is 0 Å². The zero-order chi connectivity index (χ0) is 15.5. The van der Waals surface area contributed by atoms with Crippen molar-refractivity contribution in [3.8, 4) is 0 Å². The summed E-state index contributed by atoms with van der Waals surface area (Å²) in [6.45, 7) is 12.0. The van der Waals surface area contributed by atoms with Gasteiger partial charge in [-0.05, 0) is 75.8 Å². The van der Waals surface area contributed by atoms with Gasteiger partial charge in [0.05, 0.1) is 0 Å². The highest BCUT2D eigenvalue weighted by Crippen LogP contribution is 2.37. The van der Waals surface area contributed by atoms with Crippen LogP contribution in [0.1, 0.15) is 72.6 Å². The van der Waals surface area contributed by atoms with Crippen LogP contribution in [0.3, 0.4) is 0 Å². The number of rotatable bonds is 5. The first-order chi connectivity index (χ1) is 9.91. The van der Waals surface area contributed by atoms with Crippen LogP contribution in [-0.4, -0.2) is 37.1 Å². The Balaban J connectivity index is 1.86. The summed E-state index contributed by atoms with van der Waals surface area (Å²) in [6.07, 6.45) is 9.82. The minimum absolute atomic E-state index is 0.586. The summed E-state index contributed by atoms with van der Waals surface area (Å²) < 4.78 is 0.